The smallest absolute Gasteiger partial charge is 0.325 e. The lowest BCUT2D eigenvalue weighted by molar-refractivity contribution is -0.141. The van der Waals surface area contributed by atoms with Crippen molar-refractivity contribution in [2.45, 2.75) is 11.4 Å². The highest BCUT2D eigenvalue weighted by molar-refractivity contribution is 7.80. The molecule has 0 spiro atoms. The van der Waals surface area contributed by atoms with Crippen molar-refractivity contribution < 1.29 is 14.3 Å². The number of methoxy groups -OCH3 is 1. The van der Waals surface area contributed by atoms with E-state index in [9.17, 15) is 9.59 Å². The van der Waals surface area contributed by atoms with Crippen LogP contribution in [0.2, 0.25) is 0 Å². The molecule has 0 aliphatic rings. The van der Waals surface area contributed by atoms with Crippen LogP contribution in [0.3, 0.4) is 0 Å². The summed E-state index contributed by atoms with van der Waals surface area (Å²) < 4.78 is 4.68. The minimum atomic E-state index is -0.457. The van der Waals surface area contributed by atoms with Crippen molar-refractivity contribution in [2.24, 2.45) is 0 Å². The van der Waals surface area contributed by atoms with Gasteiger partial charge in [-0.1, -0.05) is 42.5 Å². The standard InChI is InChI=1S/C17H17NO3S/c1-21-16(19)12-18(11-13-7-3-2-4-8-13)17(20)14-9-5-6-10-15(14)22/h2-10,22H,11-12H2,1H3. The lowest BCUT2D eigenvalue weighted by atomic mass is 10.1. The van der Waals surface area contributed by atoms with Crippen molar-refractivity contribution in [3.63, 3.8) is 0 Å². The Bertz CT molecular complexity index is 658. The monoisotopic (exact) mass is 315 g/mol. The Balaban J connectivity index is 2.25. The van der Waals surface area contributed by atoms with Crippen molar-refractivity contribution in [1.29, 1.82) is 0 Å². The predicted octanol–water partition coefficient (Wildman–Crippen LogP) is 2.79. The summed E-state index contributed by atoms with van der Waals surface area (Å²) in [5.74, 6) is -0.708. The Morgan fingerprint density at radius 3 is 2.32 bits per heavy atom. The van der Waals surface area contributed by atoms with E-state index in [0.29, 0.717) is 17.0 Å². The van der Waals surface area contributed by atoms with E-state index in [1.165, 1.54) is 12.0 Å². The summed E-state index contributed by atoms with van der Waals surface area (Å²) >= 11 is 4.31. The van der Waals surface area contributed by atoms with Crippen LogP contribution in [0.4, 0.5) is 0 Å². The Hall–Kier alpha value is -2.27. The minimum Gasteiger partial charge on any atom is -0.468 e. The topological polar surface area (TPSA) is 46.6 Å². The molecule has 0 bridgehead atoms. The third-order valence-corrected chi connectivity index (χ3v) is 3.58. The summed E-state index contributed by atoms with van der Waals surface area (Å²) in [5.41, 5.74) is 1.40. The average Bonchev–Trinajstić information content (AvgIpc) is 2.55. The Labute approximate surface area is 135 Å². The van der Waals surface area contributed by atoms with Gasteiger partial charge in [0, 0.05) is 11.4 Å². The molecule has 0 aliphatic carbocycles. The molecule has 2 aromatic rings. The first kappa shape index (κ1) is 16.1. The van der Waals surface area contributed by atoms with Gasteiger partial charge in [0.2, 0.25) is 0 Å². The molecule has 0 fully saturated rings. The number of ether oxygens (including phenoxy) is 1. The molecule has 0 aromatic heterocycles. The van der Waals surface area contributed by atoms with E-state index < -0.39 is 5.97 Å². The van der Waals surface area contributed by atoms with Crippen molar-refractivity contribution in [3.8, 4) is 0 Å². The number of nitrogens with zero attached hydrogens (tertiary/aromatic N) is 1. The number of hydrogen-bond acceptors (Lipinski definition) is 4. The van der Waals surface area contributed by atoms with Crippen molar-refractivity contribution in [3.05, 3.63) is 65.7 Å². The molecular weight excluding hydrogens is 298 g/mol. The highest BCUT2D eigenvalue weighted by atomic mass is 32.1. The highest BCUT2D eigenvalue weighted by Crippen LogP contribution is 2.17. The van der Waals surface area contributed by atoms with Crippen LogP contribution in [0.25, 0.3) is 0 Å². The molecule has 4 nitrogen and oxygen atoms in total. The molecule has 0 aliphatic heterocycles. The van der Waals surface area contributed by atoms with Crippen LogP contribution < -0.4 is 0 Å². The maximum absolute atomic E-state index is 12.7. The number of rotatable bonds is 5. The molecule has 2 aromatic carbocycles. The fraction of sp³-hybridized carbons (Fsp3) is 0.176. The summed E-state index contributed by atoms with van der Waals surface area (Å²) in [5, 5.41) is 0. The lowest BCUT2D eigenvalue weighted by Gasteiger charge is -2.22. The van der Waals surface area contributed by atoms with Crippen LogP contribution in [0.5, 0.6) is 0 Å². The third kappa shape index (κ3) is 4.11. The van der Waals surface area contributed by atoms with Crippen LogP contribution in [0.1, 0.15) is 15.9 Å². The molecule has 0 saturated carbocycles. The van der Waals surface area contributed by atoms with E-state index in [2.05, 4.69) is 17.4 Å². The fourth-order valence-corrected chi connectivity index (χ4v) is 2.30. The van der Waals surface area contributed by atoms with E-state index in [1.807, 2.05) is 30.3 Å². The molecule has 0 heterocycles. The van der Waals surface area contributed by atoms with Gasteiger partial charge in [-0.3, -0.25) is 9.59 Å². The maximum atomic E-state index is 12.7. The van der Waals surface area contributed by atoms with Crippen molar-refractivity contribution in [1.82, 2.24) is 4.90 Å². The Kier molecular flexibility index (Phi) is 5.61. The first-order valence-corrected chi connectivity index (χ1v) is 7.24. The zero-order chi connectivity index (χ0) is 15.9. The van der Waals surface area contributed by atoms with Gasteiger partial charge in [0.25, 0.3) is 5.91 Å². The van der Waals surface area contributed by atoms with Gasteiger partial charge in [-0.15, -0.1) is 12.6 Å². The number of esters is 1. The van der Waals surface area contributed by atoms with Crippen LogP contribution in [0.15, 0.2) is 59.5 Å². The van der Waals surface area contributed by atoms with E-state index in [0.717, 1.165) is 5.56 Å². The zero-order valence-electron chi connectivity index (χ0n) is 12.2. The second-order valence-corrected chi connectivity index (χ2v) is 5.22. The normalized spacial score (nSPS) is 10.1. The van der Waals surface area contributed by atoms with E-state index in [1.54, 1.807) is 24.3 Å². The van der Waals surface area contributed by atoms with E-state index in [-0.39, 0.29) is 12.5 Å². The molecule has 1 amide bonds. The minimum absolute atomic E-state index is 0.105. The van der Waals surface area contributed by atoms with Gasteiger partial charge < -0.3 is 9.64 Å². The lowest BCUT2D eigenvalue weighted by Crippen LogP contribution is -2.36. The molecule has 5 heteroatoms. The van der Waals surface area contributed by atoms with Gasteiger partial charge in [0.1, 0.15) is 6.54 Å². The van der Waals surface area contributed by atoms with Gasteiger partial charge >= 0.3 is 5.97 Å². The zero-order valence-corrected chi connectivity index (χ0v) is 13.1. The van der Waals surface area contributed by atoms with E-state index >= 15 is 0 Å². The number of carbonyl (C=O) groups is 2. The number of hydrogen-bond donors (Lipinski definition) is 1. The molecule has 0 radical (unpaired) electrons. The summed E-state index contributed by atoms with van der Waals surface area (Å²) in [7, 11) is 1.31. The SMILES string of the molecule is COC(=O)CN(Cc1ccccc1)C(=O)c1ccccc1S. The summed E-state index contributed by atoms with van der Waals surface area (Å²) in [4.78, 5) is 26.3. The van der Waals surface area contributed by atoms with Crippen molar-refractivity contribution >= 4 is 24.5 Å². The third-order valence-electron chi connectivity index (χ3n) is 3.19. The second-order valence-electron chi connectivity index (χ2n) is 4.74. The second kappa shape index (κ2) is 7.66. The van der Waals surface area contributed by atoms with Gasteiger partial charge in [0.15, 0.2) is 0 Å². The van der Waals surface area contributed by atoms with Crippen LogP contribution >= 0.6 is 12.6 Å². The molecule has 0 N–H and O–H groups in total. The first-order valence-electron chi connectivity index (χ1n) is 6.80. The molecule has 114 valence electrons. The number of amides is 1. The van der Waals surface area contributed by atoms with Gasteiger partial charge in [-0.2, -0.15) is 0 Å². The summed E-state index contributed by atoms with van der Waals surface area (Å²) in [6.07, 6.45) is 0. The summed E-state index contributed by atoms with van der Waals surface area (Å²) in [6.45, 7) is 0.225. The number of carbonyl (C=O) groups excluding carboxylic acids is 2. The van der Waals surface area contributed by atoms with E-state index in [4.69, 9.17) is 0 Å². The maximum Gasteiger partial charge on any atom is 0.325 e. The predicted molar refractivity (Wildman–Crippen MR) is 86.9 cm³/mol. The first-order chi connectivity index (χ1) is 10.6. The van der Waals surface area contributed by atoms with Gasteiger partial charge in [-0.05, 0) is 17.7 Å². The van der Waals surface area contributed by atoms with Crippen molar-refractivity contribution in [2.75, 3.05) is 13.7 Å². The van der Waals surface area contributed by atoms with Crippen LogP contribution in [-0.2, 0) is 16.1 Å². The Morgan fingerprint density at radius 1 is 1.05 bits per heavy atom. The van der Waals surface area contributed by atoms with Crippen LogP contribution in [0, 0.1) is 0 Å². The molecular formula is C17H17NO3S. The quantitative estimate of drug-likeness (QED) is 0.682. The molecule has 2 rings (SSSR count). The summed E-state index contributed by atoms with van der Waals surface area (Å²) in [6, 6.07) is 16.5. The largest absolute Gasteiger partial charge is 0.468 e. The molecule has 0 unspecified atom stereocenters. The Morgan fingerprint density at radius 2 is 1.68 bits per heavy atom. The fourth-order valence-electron chi connectivity index (χ4n) is 2.05. The molecule has 22 heavy (non-hydrogen) atoms. The molecule has 0 saturated heterocycles. The molecule has 0 atom stereocenters. The van der Waals surface area contributed by atoms with Gasteiger partial charge in [-0.25, -0.2) is 0 Å². The van der Waals surface area contributed by atoms with Crippen LogP contribution in [-0.4, -0.2) is 30.4 Å². The highest BCUT2D eigenvalue weighted by Gasteiger charge is 2.21. The number of benzene rings is 2. The average molecular weight is 315 g/mol. The van der Waals surface area contributed by atoms with Gasteiger partial charge in [0.05, 0.1) is 12.7 Å². The number of thiol groups is 1.